The molecule has 12 heteroatoms. The number of nitrogens with zero attached hydrogens (tertiary/aromatic N) is 2. The molecule has 0 radical (unpaired) electrons. The minimum atomic E-state index is -0.810. The summed E-state index contributed by atoms with van der Waals surface area (Å²) in [6, 6.07) is 4.29. The number of fused-ring (bicyclic) bond motifs is 1. The molecular formula is C26H32BFN4O6. The van der Waals surface area contributed by atoms with Gasteiger partial charge in [0, 0.05) is 68.6 Å². The first-order valence-electron chi connectivity index (χ1n) is 12.6. The van der Waals surface area contributed by atoms with Crippen LogP contribution in [0.15, 0.2) is 18.2 Å². The van der Waals surface area contributed by atoms with Crippen LogP contribution in [-0.2, 0) is 34.0 Å². The van der Waals surface area contributed by atoms with E-state index in [0.29, 0.717) is 54.9 Å². The number of carbonyl (C=O) groups is 3. The Hall–Kier alpha value is -3.64. The number of nitrogens with one attached hydrogen (secondary N) is 2. The maximum absolute atomic E-state index is 15.3. The number of rotatable bonds is 10. The van der Waals surface area contributed by atoms with Crippen LogP contribution in [0, 0.1) is 5.82 Å². The summed E-state index contributed by atoms with van der Waals surface area (Å²) >= 11 is 0. The van der Waals surface area contributed by atoms with Crippen molar-refractivity contribution >= 4 is 37.1 Å². The normalized spacial score (nSPS) is 16.3. The summed E-state index contributed by atoms with van der Waals surface area (Å²) in [6.45, 7) is 2.60. The van der Waals surface area contributed by atoms with Gasteiger partial charge in [0.15, 0.2) is 11.6 Å². The van der Waals surface area contributed by atoms with Gasteiger partial charge in [-0.05, 0) is 24.0 Å². The molecule has 2 heterocycles. The Morgan fingerprint density at radius 2 is 1.97 bits per heavy atom. The van der Waals surface area contributed by atoms with E-state index in [1.807, 2.05) is 4.90 Å². The van der Waals surface area contributed by atoms with Crippen LogP contribution in [0.1, 0.15) is 39.9 Å². The van der Waals surface area contributed by atoms with Crippen LogP contribution in [0.25, 0.3) is 0 Å². The van der Waals surface area contributed by atoms with Crippen LogP contribution in [-0.4, -0.2) is 85.4 Å². The molecule has 1 fully saturated rings. The number of phenolic OH excluding ortho intramolecular Hbond substituents is 2. The standard InChI is InChI=1S/C26H32BFN4O6/c1-29-25(36)20(6-3-9-33)32-14-17-15(26(32)37)4-2-5-19(17)30-12-16-21(27)23(34)18(24(35)22(16)28)13-31-7-10-38-11-8-31/h2,4-5,9,20,30,34-35H,3,6-8,10-14,27H2,1H3,(H,29,36). The van der Waals surface area contributed by atoms with Gasteiger partial charge in [-0.15, -0.1) is 0 Å². The molecule has 2 aliphatic rings. The summed E-state index contributed by atoms with van der Waals surface area (Å²) in [4.78, 5) is 39.9. The Morgan fingerprint density at radius 3 is 2.66 bits per heavy atom. The second-order valence-corrected chi connectivity index (χ2v) is 9.47. The van der Waals surface area contributed by atoms with Gasteiger partial charge in [-0.1, -0.05) is 6.07 Å². The number of ether oxygens (including phenoxy) is 1. The molecule has 38 heavy (non-hydrogen) atoms. The van der Waals surface area contributed by atoms with E-state index in [2.05, 4.69) is 10.6 Å². The van der Waals surface area contributed by atoms with Gasteiger partial charge in [-0.3, -0.25) is 14.5 Å². The highest BCUT2D eigenvalue weighted by Gasteiger charge is 2.37. The maximum Gasteiger partial charge on any atom is 0.255 e. The zero-order chi connectivity index (χ0) is 27.4. The molecule has 0 saturated carbocycles. The van der Waals surface area contributed by atoms with Crippen LogP contribution in [0.5, 0.6) is 11.5 Å². The van der Waals surface area contributed by atoms with Crippen molar-refractivity contribution in [3.63, 3.8) is 0 Å². The minimum absolute atomic E-state index is 0.0503. The largest absolute Gasteiger partial charge is 0.508 e. The molecule has 2 amide bonds. The fourth-order valence-corrected chi connectivity index (χ4v) is 5.04. The Balaban J connectivity index is 1.56. The van der Waals surface area contributed by atoms with Crippen molar-refractivity contribution in [3.8, 4) is 11.5 Å². The van der Waals surface area contributed by atoms with Gasteiger partial charge in [-0.25, -0.2) is 4.39 Å². The molecular weight excluding hydrogens is 494 g/mol. The molecule has 0 bridgehead atoms. The van der Waals surface area contributed by atoms with E-state index in [4.69, 9.17) is 4.74 Å². The van der Waals surface area contributed by atoms with Crippen LogP contribution in [0.3, 0.4) is 0 Å². The number of amides is 2. The van der Waals surface area contributed by atoms with Gasteiger partial charge in [0.1, 0.15) is 25.9 Å². The third-order valence-corrected chi connectivity index (χ3v) is 7.27. The zero-order valence-corrected chi connectivity index (χ0v) is 21.6. The van der Waals surface area contributed by atoms with Crippen LogP contribution >= 0.6 is 0 Å². The second kappa shape index (κ2) is 11.8. The van der Waals surface area contributed by atoms with Crippen molar-refractivity contribution in [2.75, 3.05) is 38.7 Å². The molecule has 0 aromatic heterocycles. The quantitative estimate of drug-likeness (QED) is 0.251. The Kier molecular flexibility index (Phi) is 8.53. The topological polar surface area (TPSA) is 131 Å². The van der Waals surface area contributed by atoms with E-state index in [1.165, 1.54) is 11.9 Å². The molecule has 2 aromatic carbocycles. The highest BCUT2D eigenvalue weighted by atomic mass is 19.1. The molecule has 2 aromatic rings. The fraction of sp³-hybridized carbons (Fsp3) is 0.423. The number of phenols is 2. The molecule has 1 unspecified atom stereocenters. The predicted molar refractivity (Wildman–Crippen MR) is 141 cm³/mol. The number of morpholine rings is 1. The van der Waals surface area contributed by atoms with Crippen LogP contribution < -0.4 is 16.1 Å². The third-order valence-electron chi connectivity index (χ3n) is 7.27. The number of hydrogen-bond donors (Lipinski definition) is 4. The summed E-state index contributed by atoms with van der Waals surface area (Å²) in [5, 5.41) is 27.1. The molecule has 4 rings (SSSR count). The van der Waals surface area contributed by atoms with Gasteiger partial charge in [0.2, 0.25) is 5.91 Å². The minimum Gasteiger partial charge on any atom is -0.508 e. The van der Waals surface area contributed by atoms with E-state index in [9.17, 15) is 24.6 Å². The average molecular weight is 526 g/mol. The van der Waals surface area contributed by atoms with Crippen molar-refractivity contribution in [1.29, 1.82) is 0 Å². The molecule has 2 aliphatic heterocycles. The SMILES string of the molecule is Bc1c(O)c(CN2CCOCC2)c(O)c(F)c1CNc1cccc2c1CN(C(CCC=O)C(=O)NC)C2=O. The zero-order valence-electron chi connectivity index (χ0n) is 21.6. The van der Waals surface area contributed by atoms with E-state index < -0.39 is 17.6 Å². The monoisotopic (exact) mass is 526 g/mol. The van der Waals surface area contributed by atoms with Gasteiger partial charge < -0.3 is 35.3 Å². The summed E-state index contributed by atoms with van der Waals surface area (Å²) in [7, 11) is 3.07. The Morgan fingerprint density at radius 1 is 1.24 bits per heavy atom. The third kappa shape index (κ3) is 5.32. The number of aldehydes is 1. The van der Waals surface area contributed by atoms with Crippen molar-refractivity contribution in [2.24, 2.45) is 0 Å². The summed E-state index contributed by atoms with van der Waals surface area (Å²) in [6.07, 6.45) is 1.05. The first kappa shape index (κ1) is 27.4. The van der Waals surface area contributed by atoms with Gasteiger partial charge in [0.25, 0.3) is 5.91 Å². The lowest BCUT2D eigenvalue weighted by Gasteiger charge is -2.28. The first-order valence-corrected chi connectivity index (χ1v) is 12.6. The maximum atomic E-state index is 15.3. The van der Waals surface area contributed by atoms with Gasteiger partial charge in [0.05, 0.1) is 18.8 Å². The Bertz CT molecular complexity index is 1210. The van der Waals surface area contributed by atoms with E-state index in [0.717, 1.165) is 0 Å². The average Bonchev–Trinajstić information content (AvgIpc) is 3.27. The Labute approximate surface area is 221 Å². The number of likely N-dealkylation sites (N-methyl/N-ethyl adjacent to an activating group) is 1. The first-order chi connectivity index (χ1) is 18.3. The summed E-state index contributed by atoms with van der Waals surface area (Å²) in [5.41, 5.74) is 2.20. The fourth-order valence-electron chi connectivity index (χ4n) is 5.04. The highest BCUT2D eigenvalue weighted by molar-refractivity contribution is 6.35. The van der Waals surface area contributed by atoms with E-state index in [-0.39, 0.29) is 61.2 Å². The van der Waals surface area contributed by atoms with Gasteiger partial charge in [-0.2, -0.15) is 0 Å². The lowest BCUT2D eigenvalue weighted by molar-refractivity contribution is -0.125. The van der Waals surface area contributed by atoms with Gasteiger partial charge >= 0.3 is 0 Å². The lowest BCUT2D eigenvalue weighted by atomic mass is 9.86. The summed E-state index contributed by atoms with van der Waals surface area (Å²) in [5.74, 6) is -2.23. The molecule has 4 N–H and O–H groups in total. The van der Waals surface area contributed by atoms with Crippen molar-refractivity contribution in [2.45, 2.75) is 38.5 Å². The number of aromatic hydroxyl groups is 2. The summed E-state index contributed by atoms with van der Waals surface area (Å²) < 4.78 is 20.7. The van der Waals surface area contributed by atoms with Crippen molar-refractivity contribution < 1.29 is 33.7 Å². The molecule has 0 spiro atoms. The molecule has 10 nitrogen and oxygen atoms in total. The van der Waals surface area contributed by atoms with Crippen molar-refractivity contribution in [1.82, 2.24) is 15.1 Å². The van der Waals surface area contributed by atoms with E-state index >= 15 is 4.39 Å². The lowest BCUT2D eigenvalue weighted by Crippen LogP contribution is -2.46. The molecule has 1 saturated heterocycles. The van der Waals surface area contributed by atoms with Crippen molar-refractivity contribution in [3.05, 3.63) is 46.3 Å². The molecule has 0 aliphatic carbocycles. The number of anilines is 1. The second-order valence-electron chi connectivity index (χ2n) is 9.47. The smallest absolute Gasteiger partial charge is 0.255 e. The highest BCUT2D eigenvalue weighted by Crippen LogP contribution is 2.34. The van der Waals surface area contributed by atoms with Crippen LogP contribution in [0.2, 0.25) is 0 Å². The van der Waals surface area contributed by atoms with E-state index in [1.54, 1.807) is 26.0 Å². The molecule has 202 valence electrons. The number of benzene rings is 2. The van der Waals surface area contributed by atoms with Crippen LogP contribution in [0.4, 0.5) is 10.1 Å². The molecule has 1 atom stereocenters. The number of halogens is 1. The number of carbonyl (C=O) groups excluding carboxylic acids is 3. The number of hydrogen-bond acceptors (Lipinski definition) is 8. The predicted octanol–water partition coefficient (Wildman–Crippen LogP) is -0.0109.